The lowest BCUT2D eigenvalue weighted by Gasteiger charge is -2.21. The second kappa shape index (κ2) is 3.31. The number of anilines is 1. The first-order chi connectivity index (χ1) is 6.20. The number of nitrogens with two attached hydrogens (primary N) is 1. The fraction of sp³-hybridized carbons (Fsp3) is 0.400. The summed E-state index contributed by atoms with van der Waals surface area (Å²) in [6.07, 6.45) is 1.07. The molecular weight excluding hydrogens is 228 g/mol. The molecule has 0 saturated heterocycles. The third kappa shape index (κ3) is 1.46. The van der Waals surface area contributed by atoms with Gasteiger partial charge < -0.3 is 11.1 Å². The molecule has 0 bridgehead atoms. The van der Waals surface area contributed by atoms with E-state index < -0.39 is 0 Å². The van der Waals surface area contributed by atoms with E-state index in [9.17, 15) is 0 Å². The average Bonchev–Trinajstić information content (AvgIpc) is 2.15. The minimum Gasteiger partial charge on any atom is -0.398 e. The topological polar surface area (TPSA) is 38.0 Å². The Labute approximate surface area is 86.6 Å². The minimum atomic E-state index is 0.904. The Morgan fingerprint density at radius 3 is 3.00 bits per heavy atom. The highest BCUT2D eigenvalue weighted by atomic mass is 79.9. The zero-order chi connectivity index (χ0) is 9.42. The summed E-state index contributed by atoms with van der Waals surface area (Å²) in [6, 6.07) is 2.11. The van der Waals surface area contributed by atoms with Crippen LogP contribution in [0.1, 0.15) is 16.7 Å². The van der Waals surface area contributed by atoms with Crippen LogP contribution in [0.4, 0.5) is 5.69 Å². The highest BCUT2D eigenvalue weighted by Crippen LogP contribution is 2.30. The van der Waals surface area contributed by atoms with E-state index in [-0.39, 0.29) is 0 Å². The standard InChI is InChI=1S/C10H13BrN2/c1-6-4-9(11)7-2-3-13-5-8(7)10(6)12/h4,13H,2-3,5,12H2,1H3. The monoisotopic (exact) mass is 240 g/mol. The van der Waals surface area contributed by atoms with Gasteiger partial charge in [0.15, 0.2) is 0 Å². The predicted molar refractivity (Wildman–Crippen MR) is 58.7 cm³/mol. The Hall–Kier alpha value is -0.540. The molecule has 1 aromatic rings. The Kier molecular flexibility index (Phi) is 2.30. The third-order valence-corrected chi connectivity index (χ3v) is 3.31. The van der Waals surface area contributed by atoms with Crippen LogP contribution in [0.2, 0.25) is 0 Å². The van der Waals surface area contributed by atoms with Gasteiger partial charge in [0.1, 0.15) is 0 Å². The number of aryl methyl sites for hydroxylation is 1. The van der Waals surface area contributed by atoms with Crippen LogP contribution in [0.25, 0.3) is 0 Å². The van der Waals surface area contributed by atoms with E-state index in [0.717, 1.165) is 30.8 Å². The summed E-state index contributed by atoms with van der Waals surface area (Å²) in [4.78, 5) is 0. The zero-order valence-corrected chi connectivity index (χ0v) is 9.24. The number of hydrogen-bond donors (Lipinski definition) is 2. The van der Waals surface area contributed by atoms with Crippen molar-refractivity contribution in [3.05, 3.63) is 27.2 Å². The van der Waals surface area contributed by atoms with E-state index in [0.29, 0.717) is 0 Å². The fourth-order valence-corrected chi connectivity index (χ4v) is 2.58. The normalized spacial score (nSPS) is 15.5. The smallest absolute Gasteiger partial charge is 0.0392 e. The maximum Gasteiger partial charge on any atom is 0.0392 e. The van der Waals surface area contributed by atoms with Gasteiger partial charge in [0, 0.05) is 16.7 Å². The molecule has 0 radical (unpaired) electrons. The molecule has 13 heavy (non-hydrogen) atoms. The maximum absolute atomic E-state index is 6.01. The third-order valence-electron chi connectivity index (χ3n) is 2.60. The second-order valence-corrected chi connectivity index (χ2v) is 4.33. The van der Waals surface area contributed by atoms with Gasteiger partial charge in [-0.15, -0.1) is 0 Å². The van der Waals surface area contributed by atoms with Gasteiger partial charge in [-0.25, -0.2) is 0 Å². The van der Waals surface area contributed by atoms with Gasteiger partial charge in [-0.1, -0.05) is 15.9 Å². The second-order valence-electron chi connectivity index (χ2n) is 3.47. The summed E-state index contributed by atoms with van der Waals surface area (Å²) in [5.74, 6) is 0. The molecule has 3 N–H and O–H groups in total. The van der Waals surface area contributed by atoms with Gasteiger partial charge in [0.05, 0.1) is 0 Å². The van der Waals surface area contributed by atoms with Crippen LogP contribution in [0, 0.1) is 6.92 Å². The van der Waals surface area contributed by atoms with Crippen LogP contribution in [-0.2, 0) is 13.0 Å². The van der Waals surface area contributed by atoms with Gasteiger partial charge in [-0.2, -0.15) is 0 Å². The summed E-state index contributed by atoms with van der Waals surface area (Å²) < 4.78 is 1.20. The first kappa shape index (κ1) is 9.03. The highest BCUT2D eigenvalue weighted by molar-refractivity contribution is 9.10. The van der Waals surface area contributed by atoms with Crippen molar-refractivity contribution in [2.45, 2.75) is 19.9 Å². The van der Waals surface area contributed by atoms with Gasteiger partial charge in [-0.3, -0.25) is 0 Å². The Balaban J connectivity index is 2.63. The molecule has 0 amide bonds. The Morgan fingerprint density at radius 2 is 2.23 bits per heavy atom. The first-order valence-corrected chi connectivity index (χ1v) is 5.26. The van der Waals surface area contributed by atoms with Crippen molar-refractivity contribution in [1.29, 1.82) is 0 Å². The number of nitrogen functional groups attached to an aromatic ring is 1. The Bertz CT molecular complexity index is 347. The predicted octanol–water partition coefficient (Wildman–Crippen LogP) is 1.99. The molecule has 0 atom stereocenters. The van der Waals surface area contributed by atoms with Gasteiger partial charge in [0.2, 0.25) is 0 Å². The van der Waals surface area contributed by atoms with E-state index in [1.807, 2.05) is 0 Å². The summed E-state index contributed by atoms with van der Waals surface area (Å²) in [7, 11) is 0. The van der Waals surface area contributed by atoms with Crippen molar-refractivity contribution in [1.82, 2.24) is 5.32 Å². The quantitative estimate of drug-likeness (QED) is 0.681. The highest BCUT2D eigenvalue weighted by Gasteiger charge is 2.15. The molecule has 70 valence electrons. The summed E-state index contributed by atoms with van der Waals surface area (Å²) >= 11 is 3.58. The van der Waals surface area contributed by atoms with Crippen LogP contribution in [0.5, 0.6) is 0 Å². The van der Waals surface area contributed by atoms with E-state index in [4.69, 9.17) is 5.73 Å². The van der Waals surface area contributed by atoms with Crippen molar-refractivity contribution in [2.75, 3.05) is 12.3 Å². The number of benzene rings is 1. The summed E-state index contributed by atoms with van der Waals surface area (Å²) in [5.41, 5.74) is 10.8. The number of halogens is 1. The fourth-order valence-electron chi connectivity index (χ4n) is 1.80. The lowest BCUT2D eigenvalue weighted by atomic mass is 9.97. The number of rotatable bonds is 0. The molecule has 1 aliphatic heterocycles. The average molecular weight is 241 g/mol. The molecule has 2 nitrogen and oxygen atoms in total. The van der Waals surface area contributed by atoms with Crippen LogP contribution in [-0.4, -0.2) is 6.54 Å². The van der Waals surface area contributed by atoms with Crippen molar-refractivity contribution in [3.63, 3.8) is 0 Å². The van der Waals surface area contributed by atoms with E-state index in [2.05, 4.69) is 34.2 Å². The molecule has 0 spiro atoms. The van der Waals surface area contributed by atoms with Crippen molar-refractivity contribution < 1.29 is 0 Å². The number of fused-ring (bicyclic) bond motifs is 1. The summed E-state index contributed by atoms with van der Waals surface area (Å²) in [6.45, 7) is 4.00. The lowest BCUT2D eigenvalue weighted by Crippen LogP contribution is -2.25. The molecule has 1 aromatic carbocycles. The summed E-state index contributed by atoms with van der Waals surface area (Å²) in [5, 5.41) is 3.34. The molecule has 0 aliphatic carbocycles. The number of hydrogen-bond acceptors (Lipinski definition) is 2. The van der Waals surface area contributed by atoms with Crippen LogP contribution in [0.15, 0.2) is 10.5 Å². The van der Waals surface area contributed by atoms with E-state index in [1.54, 1.807) is 0 Å². The molecule has 3 heteroatoms. The van der Waals surface area contributed by atoms with Crippen molar-refractivity contribution in [3.8, 4) is 0 Å². The van der Waals surface area contributed by atoms with Gasteiger partial charge in [-0.05, 0) is 42.6 Å². The maximum atomic E-state index is 6.01. The van der Waals surface area contributed by atoms with Gasteiger partial charge >= 0.3 is 0 Å². The van der Waals surface area contributed by atoms with Crippen molar-refractivity contribution in [2.24, 2.45) is 0 Å². The van der Waals surface area contributed by atoms with Crippen LogP contribution >= 0.6 is 15.9 Å². The molecule has 1 heterocycles. The molecular formula is C10H13BrN2. The van der Waals surface area contributed by atoms with E-state index in [1.165, 1.54) is 15.6 Å². The van der Waals surface area contributed by atoms with Crippen LogP contribution in [0.3, 0.4) is 0 Å². The molecule has 0 unspecified atom stereocenters. The molecule has 0 aromatic heterocycles. The van der Waals surface area contributed by atoms with Crippen molar-refractivity contribution >= 4 is 21.6 Å². The minimum absolute atomic E-state index is 0.904. The largest absolute Gasteiger partial charge is 0.398 e. The molecule has 0 fully saturated rings. The molecule has 1 aliphatic rings. The lowest BCUT2D eigenvalue weighted by molar-refractivity contribution is 0.643. The van der Waals surface area contributed by atoms with Crippen LogP contribution < -0.4 is 11.1 Å². The molecule has 2 rings (SSSR count). The van der Waals surface area contributed by atoms with E-state index >= 15 is 0 Å². The first-order valence-electron chi connectivity index (χ1n) is 4.47. The molecule has 0 saturated carbocycles. The Morgan fingerprint density at radius 1 is 1.46 bits per heavy atom. The zero-order valence-electron chi connectivity index (χ0n) is 7.65. The number of nitrogens with one attached hydrogen (secondary N) is 1. The SMILES string of the molecule is Cc1cc(Br)c2c(c1N)CNCC2. The van der Waals surface area contributed by atoms with Gasteiger partial charge in [0.25, 0.3) is 0 Å².